The maximum atomic E-state index is 12.6. The van der Waals surface area contributed by atoms with Gasteiger partial charge in [0.2, 0.25) is 11.9 Å². The molecular weight excluding hydrogens is 354 g/mol. The smallest absolute Gasteiger partial charge is 0.225 e. The Hall–Kier alpha value is -2.67. The fraction of sp³-hybridized carbons (Fsp3) is 0.476. The maximum Gasteiger partial charge on any atom is 0.225 e. The van der Waals surface area contributed by atoms with E-state index in [0.29, 0.717) is 13.2 Å². The summed E-state index contributed by atoms with van der Waals surface area (Å²) in [4.78, 5) is 25.9. The summed E-state index contributed by atoms with van der Waals surface area (Å²) in [6, 6.07) is 9.85. The van der Waals surface area contributed by atoms with Crippen LogP contribution in [0, 0.1) is 5.92 Å². The zero-order valence-electron chi connectivity index (χ0n) is 16.1. The van der Waals surface area contributed by atoms with Gasteiger partial charge in [0.15, 0.2) is 0 Å². The van der Waals surface area contributed by atoms with E-state index in [4.69, 9.17) is 4.74 Å². The molecule has 0 saturated carbocycles. The van der Waals surface area contributed by atoms with Crippen molar-refractivity contribution in [3.05, 3.63) is 48.3 Å². The van der Waals surface area contributed by atoms with E-state index in [-0.39, 0.29) is 11.8 Å². The predicted octanol–water partition coefficient (Wildman–Crippen LogP) is 1.36. The van der Waals surface area contributed by atoms with Gasteiger partial charge >= 0.3 is 0 Å². The normalized spacial score (nSPS) is 20.0. The van der Waals surface area contributed by atoms with E-state index in [1.807, 2.05) is 24.3 Å². The van der Waals surface area contributed by atoms with E-state index in [1.165, 1.54) is 0 Å². The van der Waals surface area contributed by atoms with Crippen molar-refractivity contribution in [3.63, 3.8) is 0 Å². The van der Waals surface area contributed by atoms with E-state index >= 15 is 0 Å². The Morgan fingerprint density at radius 2 is 1.89 bits per heavy atom. The number of fused-ring (bicyclic) bond motifs is 1. The van der Waals surface area contributed by atoms with Gasteiger partial charge in [-0.05, 0) is 30.5 Å². The number of para-hydroxylation sites is 1. The van der Waals surface area contributed by atoms with Crippen molar-refractivity contribution in [1.29, 1.82) is 0 Å². The molecule has 1 saturated heterocycles. The van der Waals surface area contributed by atoms with Crippen LogP contribution in [0.1, 0.15) is 12.0 Å². The van der Waals surface area contributed by atoms with Crippen LogP contribution >= 0.6 is 0 Å². The largest absolute Gasteiger partial charge is 0.493 e. The molecule has 1 aromatic carbocycles. The summed E-state index contributed by atoms with van der Waals surface area (Å²) < 4.78 is 5.77. The topological polar surface area (TPSA) is 70.6 Å². The van der Waals surface area contributed by atoms with Crippen molar-refractivity contribution in [1.82, 2.24) is 20.2 Å². The number of piperazine rings is 1. The summed E-state index contributed by atoms with van der Waals surface area (Å²) in [7, 11) is 0. The van der Waals surface area contributed by atoms with Crippen molar-refractivity contribution in [2.45, 2.75) is 12.8 Å². The highest BCUT2D eigenvalue weighted by atomic mass is 16.5. The zero-order valence-corrected chi connectivity index (χ0v) is 16.1. The molecule has 0 unspecified atom stereocenters. The third-order valence-corrected chi connectivity index (χ3v) is 5.47. The molecule has 2 aromatic rings. The number of ether oxygens (including phenoxy) is 1. The fourth-order valence-electron chi connectivity index (χ4n) is 3.82. The van der Waals surface area contributed by atoms with Crippen LogP contribution < -0.4 is 15.0 Å². The number of nitrogens with one attached hydrogen (secondary N) is 1. The highest BCUT2D eigenvalue weighted by Gasteiger charge is 2.24. The minimum absolute atomic E-state index is 0.0178. The Kier molecular flexibility index (Phi) is 6.01. The number of hydrogen-bond donors (Lipinski definition) is 1. The highest BCUT2D eigenvalue weighted by molar-refractivity contribution is 5.79. The maximum absolute atomic E-state index is 12.6. The lowest BCUT2D eigenvalue weighted by molar-refractivity contribution is -0.125. The molecule has 0 bridgehead atoms. The molecule has 3 heterocycles. The minimum Gasteiger partial charge on any atom is -0.493 e. The quantitative estimate of drug-likeness (QED) is 0.843. The van der Waals surface area contributed by atoms with Gasteiger partial charge in [-0.1, -0.05) is 18.2 Å². The van der Waals surface area contributed by atoms with E-state index in [9.17, 15) is 4.79 Å². The number of anilines is 1. The van der Waals surface area contributed by atoms with Crippen LogP contribution in [0.15, 0.2) is 42.7 Å². The Morgan fingerprint density at radius 1 is 1.11 bits per heavy atom. The molecule has 7 heteroatoms. The van der Waals surface area contributed by atoms with E-state index < -0.39 is 0 Å². The third kappa shape index (κ3) is 4.59. The van der Waals surface area contributed by atoms with Gasteiger partial charge in [0.1, 0.15) is 5.75 Å². The average molecular weight is 381 g/mol. The Morgan fingerprint density at radius 3 is 2.71 bits per heavy atom. The van der Waals surface area contributed by atoms with Crippen molar-refractivity contribution >= 4 is 11.9 Å². The predicted molar refractivity (Wildman–Crippen MR) is 107 cm³/mol. The Labute approximate surface area is 165 Å². The van der Waals surface area contributed by atoms with E-state index in [0.717, 1.165) is 62.8 Å². The van der Waals surface area contributed by atoms with E-state index in [1.54, 1.807) is 12.4 Å². The van der Waals surface area contributed by atoms with E-state index in [2.05, 4.69) is 31.2 Å². The lowest BCUT2D eigenvalue weighted by Crippen LogP contribution is -2.49. The zero-order chi connectivity index (χ0) is 19.2. The Balaban J connectivity index is 1.20. The van der Waals surface area contributed by atoms with Crippen LogP contribution in [0.5, 0.6) is 5.75 Å². The molecule has 0 radical (unpaired) electrons. The SMILES string of the molecule is O=C(NCCN1CCN(c2ncccn2)CC1)[C@@H]1CCOc2ccccc2C1. The van der Waals surface area contributed by atoms with Crippen molar-refractivity contribution < 1.29 is 9.53 Å². The highest BCUT2D eigenvalue weighted by Crippen LogP contribution is 2.26. The van der Waals surface area contributed by atoms with Crippen LogP contribution in [0.4, 0.5) is 5.95 Å². The summed E-state index contributed by atoms with van der Waals surface area (Å²) in [6.45, 7) is 5.88. The molecule has 1 atom stereocenters. The second kappa shape index (κ2) is 9.01. The molecule has 1 N–H and O–H groups in total. The average Bonchev–Trinajstić information content (AvgIpc) is 2.97. The van der Waals surface area contributed by atoms with Gasteiger partial charge in [-0.2, -0.15) is 0 Å². The van der Waals surface area contributed by atoms with Crippen LogP contribution in [-0.2, 0) is 11.2 Å². The summed E-state index contributed by atoms with van der Waals surface area (Å²) in [5.41, 5.74) is 1.12. The van der Waals surface area contributed by atoms with Crippen LogP contribution in [0.3, 0.4) is 0 Å². The van der Waals surface area contributed by atoms with Gasteiger partial charge in [-0.15, -0.1) is 0 Å². The van der Waals surface area contributed by atoms with Gasteiger partial charge in [0, 0.05) is 57.6 Å². The number of rotatable bonds is 5. The van der Waals surface area contributed by atoms with Gasteiger partial charge in [-0.3, -0.25) is 9.69 Å². The molecule has 148 valence electrons. The second-order valence-corrected chi connectivity index (χ2v) is 7.31. The van der Waals surface area contributed by atoms with Gasteiger partial charge in [0.05, 0.1) is 6.61 Å². The molecule has 28 heavy (non-hydrogen) atoms. The lowest BCUT2D eigenvalue weighted by Gasteiger charge is -2.34. The summed E-state index contributed by atoms with van der Waals surface area (Å²) in [5, 5.41) is 3.13. The number of benzene rings is 1. The molecule has 0 spiro atoms. The lowest BCUT2D eigenvalue weighted by atomic mass is 9.96. The monoisotopic (exact) mass is 381 g/mol. The molecule has 1 aromatic heterocycles. The number of carbonyl (C=O) groups is 1. The number of nitrogens with zero attached hydrogens (tertiary/aromatic N) is 4. The van der Waals surface area contributed by atoms with Gasteiger partial charge in [0.25, 0.3) is 0 Å². The standard InChI is InChI=1S/C21H27N5O2/c27-20(18-6-15-28-19-5-2-1-4-17(19)16-18)22-9-10-25-11-13-26(14-12-25)21-23-7-3-8-24-21/h1-5,7-8,18H,6,9-16H2,(H,22,27)/t18-/m1/s1. The summed E-state index contributed by atoms with van der Waals surface area (Å²) in [6.07, 6.45) is 5.07. The molecule has 7 nitrogen and oxygen atoms in total. The number of hydrogen-bond acceptors (Lipinski definition) is 6. The summed E-state index contributed by atoms with van der Waals surface area (Å²) in [5.74, 6) is 1.83. The molecule has 0 aliphatic carbocycles. The van der Waals surface area contributed by atoms with Gasteiger partial charge in [-0.25, -0.2) is 9.97 Å². The first kappa shape index (κ1) is 18.7. The second-order valence-electron chi connectivity index (χ2n) is 7.31. The fourth-order valence-corrected chi connectivity index (χ4v) is 3.82. The van der Waals surface area contributed by atoms with Crippen molar-refractivity contribution in [2.75, 3.05) is 50.8 Å². The minimum atomic E-state index is -0.0178. The third-order valence-electron chi connectivity index (χ3n) is 5.47. The van der Waals surface area contributed by atoms with Crippen molar-refractivity contribution in [2.24, 2.45) is 5.92 Å². The van der Waals surface area contributed by atoms with Gasteiger partial charge < -0.3 is 15.0 Å². The summed E-state index contributed by atoms with van der Waals surface area (Å²) >= 11 is 0. The molecule has 2 aliphatic heterocycles. The number of amides is 1. The van der Waals surface area contributed by atoms with Crippen LogP contribution in [-0.4, -0.2) is 66.7 Å². The molecule has 4 rings (SSSR count). The molecular formula is C21H27N5O2. The molecule has 2 aliphatic rings. The molecule has 1 fully saturated rings. The van der Waals surface area contributed by atoms with Crippen molar-refractivity contribution in [3.8, 4) is 5.75 Å². The number of carbonyl (C=O) groups excluding carboxylic acids is 1. The number of aromatic nitrogens is 2. The first-order chi connectivity index (χ1) is 13.8. The van der Waals surface area contributed by atoms with Crippen LogP contribution in [0.25, 0.3) is 0 Å². The van der Waals surface area contributed by atoms with Crippen LogP contribution in [0.2, 0.25) is 0 Å². The first-order valence-corrected chi connectivity index (χ1v) is 10.0. The first-order valence-electron chi connectivity index (χ1n) is 10.0. The molecule has 1 amide bonds. The Bertz CT molecular complexity index is 777.